The highest BCUT2D eigenvalue weighted by Gasteiger charge is 2.40. The van der Waals surface area contributed by atoms with Gasteiger partial charge in [0.2, 0.25) is 0 Å². The normalized spacial score (nSPS) is 31.9. The first kappa shape index (κ1) is 14.0. The fraction of sp³-hybridized carbons (Fsp3) is 0.733. The summed E-state index contributed by atoms with van der Waals surface area (Å²) < 4.78 is 1.97. The van der Waals surface area contributed by atoms with Crippen LogP contribution in [-0.2, 0) is 6.54 Å². The lowest BCUT2D eigenvalue weighted by atomic mass is 9.78. The zero-order valence-electron chi connectivity index (χ0n) is 12.2. The van der Waals surface area contributed by atoms with E-state index >= 15 is 0 Å². The minimum atomic E-state index is 0.350. The monoisotopic (exact) mass is 292 g/mol. The van der Waals surface area contributed by atoms with Crippen LogP contribution < -0.4 is 5.32 Å². The molecular weight excluding hydrogens is 268 g/mol. The summed E-state index contributed by atoms with van der Waals surface area (Å²) in [4.78, 5) is 4.72. The molecule has 2 heterocycles. The summed E-state index contributed by atoms with van der Waals surface area (Å²) in [6.45, 7) is 4.23. The predicted octanol–water partition coefficient (Wildman–Crippen LogP) is 2.91. The highest BCUT2D eigenvalue weighted by molar-refractivity contribution is 8.14. The lowest BCUT2D eigenvalue weighted by Crippen LogP contribution is -2.47. The van der Waals surface area contributed by atoms with Crippen LogP contribution in [0.2, 0.25) is 0 Å². The molecule has 20 heavy (non-hydrogen) atoms. The van der Waals surface area contributed by atoms with E-state index in [-0.39, 0.29) is 0 Å². The average molecular weight is 292 g/mol. The number of nitrogens with zero attached hydrogens (tertiary/aromatic N) is 3. The van der Waals surface area contributed by atoms with Gasteiger partial charge in [0, 0.05) is 36.8 Å². The Labute approximate surface area is 125 Å². The summed E-state index contributed by atoms with van der Waals surface area (Å²) in [5, 5.41) is 9.10. The minimum Gasteiger partial charge on any atom is -0.359 e. The van der Waals surface area contributed by atoms with Crippen molar-refractivity contribution in [2.24, 2.45) is 10.9 Å². The van der Waals surface area contributed by atoms with E-state index in [4.69, 9.17) is 4.99 Å². The van der Waals surface area contributed by atoms with Gasteiger partial charge >= 0.3 is 0 Å². The predicted molar refractivity (Wildman–Crippen MR) is 85.1 cm³/mol. The maximum atomic E-state index is 4.72. The van der Waals surface area contributed by atoms with Gasteiger partial charge in [-0.2, -0.15) is 5.10 Å². The van der Waals surface area contributed by atoms with Crippen LogP contribution in [0.15, 0.2) is 23.5 Å². The third kappa shape index (κ3) is 3.37. The van der Waals surface area contributed by atoms with Crippen LogP contribution in [0.1, 0.15) is 39.0 Å². The summed E-state index contributed by atoms with van der Waals surface area (Å²) in [6.07, 6.45) is 10.3. The molecule has 2 fully saturated rings. The molecular formula is C15H24N4S. The lowest BCUT2D eigenvalue weighted by Gasteiger charge is -2.36. The molecule has 0 bridgehead atoms. The fourth-order valence-electron chi connectivity index (χ4n) is 3.34. The van der Waals surface area contributed by atoms with E-state index in [0.717, 1.165) is 25.4 Å². The van der Waals surface area contributed by atoms with Gasteiger partial charge in [0.1, 0.15) is 0 Å². The zero-order valence-corrected chi connectivity index (χ0v) is 13.0. The van der Waals surface area contributed by atoms with Gasteiger partial charge in [-0.1, -0.05) is 31.5 Å². The summed E-state index contributed by atoms with van der Waals surface area (Å²) in [5.74, 6) is 2.06. The Morgan fingerprint density at radius 3 is 3.35 bits per heavy atom. The van der Waals surface area contributed by atoms with Crippen molar-refractivity contribution >= 4 is 16.9 Å². The van der Waals surface area contributed by atoms with Crippen LogP contribution in [0.25, 0.3) is 0 Å². The highest BCUT2D eigenvalue weighted by Crippen LogP contribution is 2.38. The van der Waals surface area contributed by atoms with Gasteiger partial charge in [0.25, 0.3) is 0 Å². The fourth-order valence-corrected chi connectivity index (χ4v) is 4.56. The van der Waals surface area contributed by atoms with Crippen molar-refractivity contribution in [3.05, 3.63) is 18.5 Å². The van der Waals surface area contributed by atoms with Crippen LogP contribution in [0, 0.1) is 5.92 Å². The van der Waals surface area contributed by atoms with Crippen molar-refractivity contribution in [2.75, 3.05) is 12.3 Å². The number of aryl methyl sites for hydroxylation is 1. The first-order valence-electron chi connectivity index (χ1n) is 7.69. The van der Waals surface area contributed by atoms with Crippen molar-refractivity contribution in [3.8, 4) is 0 Å². The molecule has 1 aromatic heterocycles. The Bertz CT molecular complexity index is 456. The number of aromatic nitrogens is 2. The molecule has 2 atom stereocenters. The molecule has 3 rings (SSSR count). The Hall–Kier alpha value is -0.970. The molecule has 4 nitrogen and oxygen atoms in total. The van der Waals surface area contributed by atoms with Gasteiger partial charge in [-0.25, -0.2) is 0 Å². The highest BCUT2D eigenvalue weighted by atomic mass is 32.2. The van der Waals surface area contributed by atoms with Crippen molar-refractivity contribution in [1.29, 1.82) is 0 Å². The summed E-state index contributed by atoms with van der Waals surface area (Å²) in [6, 6.07) is 1.97. The maximum absolute atomic E-state index is 4.72. The second kappa shape index (κ2) is 6.20. The quantitative estimate of drug-likeness (QED) is 0.868. The number of amidine groups is 1. The topological polar surface area (TPSA) is 42.2 Å². The van der Waals surface area contributed by atoms with Crippen LogP contribution in [-0.4, -0.2) is 32.8 Å². The average Bonchev–Trinajstić information content (AvgIpc) is 3.05. The number of hydrogen-bond donors (Lipinski definition) is 1. The van der Waals surface area contributed by atoms with Gasteiger partial charge in [-0.15, -0.1) is 0 Å². The molecule has 0 aromatic carbocycles. The second-order valence-corrected chi connectivity index (χ2v) is 7.17. The number of aliphatic imine (C=N–C) groups is 1. The van der Waals surface area contributed by atoms with E-state index in [2.05, 4.69) is 17.3 Å². The molecule has 1 saturated heterocycles. The maximum Gasteiger partial charge on any atom is 0.157 e. The first-order valence-corrected chi connectivity index (χ1v) is 8.67. The first-order chi connectivity index (χ1) is 9.76. The van der Waals surface area contributed by atoms with Crippen molar-refractivity contribution < 1.29 is 0 Å². The lowest BCUT2D eigenvalue weighted by molar-refractivity contribution is 0.242. The SMILES string of the molecule is CC1CCCC2(CSC(=NCCCn3cccn3)N2)C1. The molecule has 1 aliphatic carbocycles. The molecule has 110 valence electrons. The van der Waals surface area contributed by atoms with Gasteiger partial charge in [-0.3, -0.25) is 9.67 Å². The largest absolute Gasteiger partial charge is 0.359 e. The molecule has 0 amide bonds. The smallest absolute Gasteiger partial charge is 0.157 e. The standard InChI is InChI=1S/C15H24N4S/c1-13-5-2-6-15(11-13)12-20-14(18-15)16-7-3-9-19-10-4-8-17-19/h4,8,10,13H,2-3,5-7,9,11-12H2,1H3,(H,16,18). The Morgan fingerprint density at radius 2 is 2.55 bits per heavy atom. The molecule has 5 heteroatoms. The van der Waals surface area contributed by atoms with Gasteiger partial charge in [0.05, 0.1) is 0 Å². The summed E-state index contributed by atoms with van der Waals surface area (Å²) >= 11 is 1.91. The third-order valence-corrected chi connectivity index (χ3v) is 5.51. The second-order valence-electron chi connectivity index (χ2n) is 6.21. The van der Waals surface area contributed by atoms with E-state index in [1.807, 2.05) is 34.9 Å². The van der Waals surface area contributed by atoms with E-state index in [9.17, 15) is 0 Å². The number of rotatable bonds is 4. The van der Waals surface area contributed by atoms with Crippen LogP contribution >= 0.6 is 11.8 Å². The van der Waals surface area contributed by atoms with Crippen LogP contribution in [0.3, 0.4) is 0 Å². The van der Waals surface area contributed by atoms with Gasteiger partial charge < -0.3 is 5.32 Å². The summed E-state index contributed by atoms with van der Waals surface area (Å²) in [5.41, 5.74) is 0.350. The van der Waals surface area contributed by atoms with Crippen LogP contribution in [0.5, 0.6) is 0 Å². The van der Waals surface area contributed by atoms with E-state index in [1.165, 1.54) is 36.6 Å². The summed E-state index contributed by atoms with van der Waals surface area (Å²) in [7, 11) is 0. The number of nitrogens with one attached hydrogen (secondary N) is 1. The molecule has 0 radical (unpaired) electrons. The van der Waals surface area contributed by atoms with Crippen LogP contribution in [0.4, 0.5) is 0 Å². The van der Waals surface area contributed by atoms with Crippen molar-refractivity contribution in [2.45, 2.75) is 51.1 Å². The van der Waals surface area contributed by atoms with Gasteiger partial charge in [-0.05, 0) is 31.2 Å². The molecule has 2 aliphatic rings. The van der Waals surface area contributed by atoms with Crippen molar-refractivity contribution in [1.82, 2.24) is 15.1 Å². The minimum absolute atomic E-state index is 0.350. The molecule has 1 aliphatic heterocycles. The Morgan fingerprint density at radius 1 is 1.60 bits per heavy atom. The van der Waals surface area contributed by atoms with Gasteiger partial charge in [0.15, 0.2) is 5.17 Å². The number of thioether (sulfide) groups is 1. The molecule has 1 N–H and O–H groups in total. The Kier molecular flexibility index (Phi) is 4.34. The van der Waals surface area contributed by atoms with E-state index < -0.39 is 0 Å². The molecule has 1 aromatic rings. The molecule has 2 unspecified atom stereocenters. The molecule has 1 saturated carbocycles. The number of hydrogen-bond acceptors (Lipinski definition) is 3. The third-order valence-electron chi connectivity index (χ3n) is 4.31. The zero-order chi connectivity index (χ0) is 13.8. The van der Waals surface area contributed by atoms with E-state index in [1.54, 1.807) is 0 Å². The van der Waals surface area contributed by atoms with Crippen molar-refractivity contribution in [3.63, 3.8) is 0 Å². The molecule has 1 spiro atoms. The Balaban J connectivity index is 1.45. The van der Waals surface area contributed by atoms with E-state index in [0.29, 0.717) is 5.54 Å².